The van der Waals surface area contributed by atoms with Gasteiger partial charge in [0.15, 0.2) is 0 Å². The lowest BCUT2D eigenvalue weighted by atomic mass is 10.4. The van der Waals surface area contributed by atoms with Crippen molar-refractivity contribution in [2.24, 2.45) is 0 Å². The molecule has 0 bridgehead atoms. The molecule has 0 heterocycles. The summed E-state index contributed by atoms with van der Waals surface area (Å²) in [6, 6.07) is 0. The Kier molecular flexibility index (Phi) is 7.20. The molecule has 12 heavy (non-hydrogen) atoms. The number of carbonyl (C=O) groups is 1. The number of amides is 1. The molecule has 0 unspecified atom stereocenters. The van der Waals surface area contributed by atoms with Crippen molar-refractivity contribution >= 4 is 17.5 Å². The normalized spacial score (nSPS) is 12.6. The Morgan fingerprint density at radius 2 is 2.33 bits per heavy atom. The first kappa shape index (κ1) is 11.7. The summed E-state index contributed by atoms with van der Waals surface area (Å²) in [5, 5.41) is 2.24. The molecule has 0 fully saturated rings. The third-order valence-corrected chi connectivity index (χ3v) is 1.53. The lowest BCUT2D eigenvalue weighted by molar-refractivity contribution is -0.120. The molecule has 0 aromatic heterocycles. The summed E-state index contributed by atoms with van der Waals surface area (Å²) in [4.78, 5) is 10.9. The third-order valence-electron chi connectivity index (χ3n) is 1.33. The first-order valence-corrected chi connectivity index (χ1v) is 4.61. The van der Waals surface area contributed by atoms with Crippen LogP contribution in [0.2, 0.25) is 0 Å². The maximum atomic E-state index is 10.9. The molecule has 1 amide bonds. The van der Waals surface area contributed by atoms with Gasteiger partial charge >= 0.3 is 0 Å². The Balaban J connectivity index is 3.14. The Bertz CT molecular complexity index is 128. The zero-order valence-corrected chi connectivity index (χ0v) is 8.36. The minimum atomic E-state index is -0.447. The van der Waals surface area contributed by atoms with Crippen molar-refractivity contribution in [1.29, 1.82) is 0 Å². The summed E-state index contributed by atoms with van der Waals surface area (Å²) in [7, 11) is 0. The number of rotatable bonds is 6. The summed E-state index contributed by atoms with van der Waals surface area (Å²) in [5.41, 5.74) is 0. The highest BCUT2D eigenvalue weighted by molar-refractivity contribution is 6.30. The molecular weight excluding hydrogens is 178 g/mol. The van der Waals surface area contributed by atoms with Gasteiger partial charge in [0, 0.05) is 19.8 Å². The van der Waals surface area contributed by atoms with E-state index in [1.54, 1.807) is 6.92 Å². The smallest absolute Gasteiger partial charge is 0.237 e. The van der Waals surface area contributed by atoms with Crippen molar-refractivity contribution in [3.63, 3.8) is 0 Å². The predicted molar refractivity (Wildman–Crippen MR) is 49.4 cm³/mol. The molecule has 4 heteroatoms. The van der Waals surface area contributed by atoms with Crippen LogP contribution in [0.3, 0.4) is 0 Å². The number of hydrogen-bond acceptors (Lipinski definition) is 2. The number of ether oxygens (including phenoxy) is 1. The van der Waals surface area contributed by atoms with Gasteiger partial charge < -0.3 is 10.1 Å². The summed E-state index contributed by atoms with van der Waals surface area (Å²) in [6.45, 7) is 5.64. The van der Waals surface area contributed by atoms with E-state index < -0.39 is 5.38 Å². The first-order valence-electron chi connectivity index (χ1n) is 4.18. The Hall–Kier alpha value is -0.280. The van der Waals surface area contributed by atoms with Crippen molar-refractivity contribution in [3.8, 4) is 0 Å². The fraction of sp³-hybridized carbons (Fsp3) is 0.875. The van der Waals surface area contributed by atoms with Gasteiger partial charge in [-0.25, -0.2) is 0 Å². The second-order valence-corrected chi connectivity index (χ2v) is 3.11. The largest absolute Gasteiger partial charge is 0.382 e. The second kappa shape index (κ2) is 7.37. The highest BCUT2D eigenvalue weighted by Crippen LogP contribution is 1.92. The molecule has 0 saturated carbocycles. The van der Waals surface area contributed by atoms with E-state index in [0.29, 0.717) is 13.2 Å². The Labute approximate surface area is 78.4 Å². The summed E-state index contributed by atoms with van der Waals surface area (Å²) >= 11 is 5.53. The molecule has 0 aliphatic heterocycles. The van der Waals surface area contributed by atoms with Gasteiger partial charge in [-0.05, 0) is 20.3 Å². The fourth-order valence-corrected chi connectivity index (χ4v) is 0.748. The van der Waals surface area contributed by atoms with Crippen molar-refractivity contribution in [2.75, 3.05) is 19.8 Å². The van der Waals surface area contributed by atoms with Gasteiger partial charge in [-0.1, -0.05) is 0 Å². The Morgan fingerprint density at radius 3 is 2.83 bits per heavy atom. The van der Waals surface area contributed by atoms with Gasteiger partial charge in [0.05, 0.1) is 0 Å². The summed E-state index contributed by atoms with van der Waals surface area (Å²) in [6.07, 6.45) is 0.836. The summed E-state index contributed by atoms with van der Waals surface area (Å²) in [5.74, 6) is -0.117. The molecule has 0 saturated heterocycles. The van der Waals surface area contributed by atoms with Crippen LogP contribution in [0.15, 0.2) is 0 Å². The monoisotopic (exact) mass is 193 g/mol. The van der Waals surface area contributed by atoms with Gasteiger partial charge in [-0.2, -0.15) is 0 Å². The minimum Gasteiger partial charge on any atom is -0.382 e. The van der Waals surface area contributed by atoms with Crippen LogP contribution in [-0.2, 0) is 9.53 Å². The van der Waals surface area contributed by atoms with E-state index in [2.05, 4.69) is 5.32 Å². The van der Waals surface area contributed by atoms with Crippen LogP contribution in [0.4, 0.5) is 0 Å². The fourth-order valence-electron chi connectivity index (χ4n) is 0.671. The molecule has 0 rings (SSSR count). The van der Waals surface area contributed by atoms with Crippen molar-refractivity contribution in [3.05, 3.63) is 0 Å². The zero-order chi connectivity index (χ0) is 9.40. The number of carbonyl (C=O) groups excluding carboxylic acids is 1. The van der Waals surface area contributed by atoms with Gasteiger partial charge in [0.2, 0.25) is 5.91 Å². The molecular formula is C8H16ClNO2. The van der Waals surface area contributed by atoms with Crippen molar-refractivity contribution < 1.29 is 9.53 Å². The molecule has 0 aromatic rings. The number of nitrogens with one attached hydrogen (secondary N) is 1. The van der Waals surface area contributed by atoms with E-state index >= 15 is 0 Å². The van der Waals surface area contributed by atoms with Crippen LogP contribution in [-0.4, -0.2) is 31.0 Å². The molecule has 72 valence electrons. The number of alkyl halides is 1. The standard InChI is InChI=1S/C8H16ClNO2/c1-3-12-6-4-5-10-8(11)7(2)9/h7H,3-6H2,1-2H3,(H,10,11)/t7-/m0/s1. The maximum absolute atomic E-state index is 10.9. The van der Waals surface area contributed by atoms with Crippen LogP contribution in [0.25, 0.3) is 0 Å². The molecule has 0 radical (unpaired) electrons. The predicted octanol–water partition coefficient (Wildman–Crippen LogP) is 1.16. The van der Waals surface area contributed by atoms with E-state index in [0.717, 1.165) is 13.0 Å². The molecule has 0 aliphatic carbocycles. The van der Waals surface area contributed by atoms with Crippen LogP contribution >= 0.6 is 11.6 Å². The molecule has 0 aromatic carbocycles. The van der Waals surface area contributed by atoms with Crippen LogP contribution < -0.4 is 5.32 Å². The Morgan fingerprint density at radius 1 is 1.67 bits per heavy atom. The maximum Gasteiger partial charge on any atom is 0.237 e. The number of hydrogen-bond donors (Lipinski definition) is 1. The highest BCUT2D eigenvalue weighted by Gasteiger charge is 2.06. The average molecular weight is 194 g/mol. The third kappa shape index (κ3) is 6.43. The zero-order valence-electron chi connectivity index (χ0n) is 7.60. The van der Waals surface area contributed by atoms with Gasteiger partial charge in [0.1, 0.15) is 5.38 Å². The molecule has 3 nitrogen and oxygen atoms in total. The summed E-state index contributed by atoms with van der Waals surface area (Å²) < 4.78 is 5.09. The van der Waals surface area contributed by atoms with Crippen LogP contribution in [0, 0.1) is 0 Å². The van der Waals surface area contributed by atoms with Gasteiger partial charge in [-0.3, -0.25) is 4.79 Å². The molecule has 1 N–H and O–H groups in total. The lowest BCUT2D eigenvalue weighted by Crippen LogP contribution is -2.30. The van der Waals surface area contributed by atoms with Gasteiger partial charge in [0.25, 0.3) is 0 Å². The van der Waals surface area contributed by atoms with E-state index in [9.17, 15) is 4.79 Å². The van der Waals surface area contributed by atoms with E-state index in [1.807, 2.05) is 6.92 Å². The van der Waals surface area contributed by atoms with Crippen LogP contribution in [0.5, 0.6) is 0 Å². The van der Waals surface area contributed by atoms with E-state index in [4.69, 9.17) is 16.3 Å². The van der Waals surface area contributed by atoms with Crippen LogP contribution in [0.1, 0.15) is 20.3 Å². The molecule has 0 aliphatic rings. The van der Waals surface area contributed by atoms with E-state index in [-0.39, 0.29) is 5.91 Å². The van der Waals surface area contributed by atoms with E-state index in [1.165, 1.54) is 0 Å². The second-order valence-electron chi connectivity index (χ2n) is 2.46. The highest BCUT2D eigenvalue weighted by atomic mass is 35.5. The SMILES string of the molecule is CCOCCCNC(=O)[C@H](C)Cl. The van der Waals surface area contributed by atoms with Crippen molar-refractivity contribution in [2.45, 2.75) is 25.6 Å². The molecule has 0 spiro atoms. The average Bonchev–Trinajstić information content (AvgIpc) is 2.03. The minimum absolute atomic E-state index is 0.117. The first-order chi connectivity index (χ1) is 5.68. The van der Waals surface area contributed by atoms with Gasteiger partial charge in [-0.15, -0.1) is 11.6 Å². The lowest BCUT2D eigenvalue weighted by Gasteiger charge is -2.05. The number of halogens is 1. The quantitative estimate of drug-likeness (QED) is 0.508. The molecule has 1 atom stereocenters. The topological polar surface area (TPSA) is 38.3 Å². The van der Waals surface area contributed by atoms with Crippen molar-refractivity contribution in [1.82, 2.24) is 5.32 Å².